The van der Waals surface area contributed by atoms with Crippen LogP contribution in [0.5, 0.6) is 5.75 Å². The number of aliphatic carboxylic acids is 1. The summed E-state index contributed by atoms with van der Waals surface area (Å²) in [5, 5.41) is 12.1. The summed E-state index contributed by atoms with van der Waals surface area (Å²) in [6.45, 7) is 4.91. The summed E-state index contributed by atoms with van der Waals surface area (Å²) < 4.78 is 5.29. The minimum atomic E-state index is -0.848. The topological polar surface area (TPSA) is 78.9 Å². The molecule has 1 unspecified atom stereocenters. The number of methoxy groups -OCH3 is 1. The molecular weight excluding hydrogens is 296 g/mol. The number of hydrogen-bond donors (Lipinski definition) is 2. The molecule has 1 aliphatic rings. The highest BCUT2D eigenvalue weighted by atomic mass is 16.5. The van der Waals surface area contributed by atoms with E-state index in [2.05, 4.69) is 5.32 Å². The van der Waals surface area contributed by atoms with Gasteiger partial charge in [-0.1, -0.05) is 12.1 Å². The molecule has 2 amide bonds. The van der Waals surface area contributed by atoms with Gasteiger partial charge in [0, 0.05) is 19.6 Å². The number of nitrogens with zero attached hydrogens (tertiary/aromatic N) is 1. The standard InChI is InChI=1S/C17H24N2O4/c1-12-4-5-13(10-14(12)23-3)6-8-18-16(22)19-9-7-17(2,11-19)15(20)21/h4-5,10H,6-9,11H2,1-3H3,(H,18,22)(H,20,21). The van der Waals surface area contributed by atoms with Gasteiger partial charge in [0.2, 0.25) is 0 Å². The van der Waals surface area contributed by atoms with Crippen molar-refractivity contribution in [1.82, 2.24) is 10.2 Å². The molecule has 0 aromatic heterocycles. The first-order valence-corrected chi connectivity index (χ1v) is 7.75. The van der Waals surface area contributed by atoms with E-state index in [1.165, 1.54) is 0 Å². The van der Waals surface area contributed by atoms with Crippen molar-refractivity contribution in [2.45, 2.75) is 26.7 Å². The Balaban J connectivity index is 1.83. The zero-order valence-corrected chi connectivity index (χ0v) is 13.9. The van der Waals surface area contributed by atoms with Crippen LogP contribution in [0.1, 0.15) is 24.5 Å². The van der Waals surface area contributed by atoms with E-state index >= 15 is 0 Å². The van der Waals surface area contributed by atoms with Crippen molar-refractivity contribution < 1.29 is 19.4 Å². The molecule has 23 heavy (non-hydrogen) atoms. The van der Waals surface area contributed by atoms with Crippen LogP contribution in [0.25, 0.3) is 0 Å². The number of ether oxygens (including phenoxy) is 1. The molecule has 1 heterocycles. The van der Waals surface area contributed by atoms with Crippen molar-refractivity contribution in [3.05, 3.63) is 29.3 Å². The fraction of sp³-hybridized carbons (Fsp3) is 0.529. The number of carboxylic acid groups (broad SMARTS) is 1. The van der Waals surface area contributed by atoms with Crippen molar-refractivity contribution in [3.63, 3.8) is 0 Å². The highest BCUT2D eigenvalue weighted by Gasteiger charge is 2.42. The van der Waals surface area contributed by atoms with Crippen LogP contribution in [0.4, 0.5) is 4.79 Å². The van der Waals surface area contributed by atoms with Crippen molar-refractivity contribution in [2.24, 2.45) is 5.41 Å². The van der Waals surface area contributed by atoms with Crippen LogP contribution in [0, 0.1) is 12.3 Å². The van der Waals surface area contributed by atoms with Gasteiger partial charge in [-0.15, -0.1) is 0 Å². The minimum Gasteiger partial charge on any atom is -0.496 e. The monoisotopic (exact) mass is 320 g/mol. The molecule has 6 heteroatoms. The first-order chi connectivity index (χ1) is 10.9. The summed E-state index contributed by atoms with van der Waals surface area (Å²) in [4.78, 5) is 24.9. The molecule has 2 rings (SSSR count). The van der Waals surface area contributed by atoms with Crippen LogP contribution in [0.15, 0.2) is 18.2 Å². The number of likely N-dealkylation sites (tertiary alicyclic amines) is 1. The van der Waals surface area contributed by atoms with E-state index in [9.17, 15) is 14.7 Å². The van der Waals surface area contributed by atoms with Gasteiger partial charge in [-0.2, -0.15) is 0 Å². The van der Waals surface area contributed by atoms with Crippen LogP contribution in [-0.2, 0) is 11.2 Å². The number of hydrogen-bond acceptors (Lipinski definition) is 3. The van der Waals surface area contributed by atoms with Crippen molar-refractivity contribution in [2.75, 3.05) is 26.7 Å². The predicted molar refractivity (Wildman–Crippen MR) is 86.8 cm³/mol. The van der Waals surface area contributed by atoms with Gasteiger partial charge in [-0.25, -0.2) is 4.79 Å². The van der Waals surface area contributed by atoms with Crippen molar-refractivity contribution in [3.8, 4) is 5.75 Å². The van der Waals surface area contributed by atoms with Gasteiger partial charge < -0.3 is 20.1 Å². The highest BCUT2D eigenvalue weighted by molar-refractivity contribution is 5.79. The summed E-state index contributed by atoms with van der Waals surface area (Å²) in [6, 6.07) is 5.78. The average Bonchev–Trinajstić information content (AvgIpc) is 2.93. The van der Waals surface area contributed by atoms with E-state index in [0.29, 0.717) is 25.9 Å². The molecule has 126 valence electrons. The third-order valence-corrected chi connectivity index (χ3v) is 4.44. The molecule has 1 aliphatic heterocycles. The van der Waals surface area contributed by atoms with Gasteiger partial charge in [-0.3, -0.25) is 4.79 Å². The zero-order chi connectivity index (χ0) is 17.0. The first-order valence-electron chi connectivity index (χ1n) is 7.75. The predicted octanol–water partition coefficient (Wildman–Crippen LogP) is 2.05. The fourth-order valence-corrected chi connectivity index (χ4v) is 2.75. The number of rotatable bonds is 5. The van der Waals surface area contributed by atoms with Crippen LogP contribution in [0.3, 0.4) is 0 Å². The van der Waals surface area contributed by atoms with Gasteiger partial charge in [0.05, 0.1) is 12.5 Å². The second-order valence-corrected chi connectivity index (χ2v) is 6.32. The summed E-state index contributed by atoms with van der Waals surface area (Å²) in [5.74, 6) is -0.00913. The number of aryl methyl sites for hydroxylation is 1. The lowest BCUT2D eigenvalue weighted by Crippen LogP contribution is -2.41. The van der Waals surface area contributed by atoms with Gasteiger partial charge in [-0.05, 0) is 43.9 Å². The molecule has 1 aromatic carbocycles. The lowest BCUT2D eigenvalue weighted by atomic mass is 9.90. The van der Waals surface area contributed by atoms with E-state index in [0.717, 1.165) is 16.9 Å². The molecule has 6 nitrogen and oxygen atoms in total. The molecular formula is C17H24N2O4. The molecule has 2 N–H and O–H groups in total. The average molecular weight is 320 g/mol. The lowest BCUT2D eigenvalue weighted by Gasteiger charge is -2.20. The summed E-state index contributed by atoms with van der Waals surface area (Å²) in [7, 11) is 1.64. The van der Waals surface area contributed by atoms with Gasteiger partial charge >= 0.3 is 12.0 Å². The molecule has 0 aliphatic carbocycles. The Morgan fingerprint density at radius 1 is 1.43 bits per heavy atom. The smallest absolute Gasteiger partial charge is 0.317 e. The molecule has 1 saturated heterocycles. The molecule has 1 fully saturated rings. The Morgan fingerprint density at radius 2 is 2.17 bits per heavy atom. The van der Waals surface area contributed by atoms with Gasteiger partial charge in [0.25, 0.3) is 0 Å². The number of carbonyl (C=O) groups is 2. The molecule has 0 bridgehead atoms. The van der Waals surface area contributed by atoms with E-state index in [-0.39, 0.29) is 12.6 Å². The molecule has 1 aromatic rings. The molecule has 0 spiro atoms. The maximum atomic E-state index is 12.1. The zero-order valence-electron chi connectivity index (χ0n) is 13.9. The van der Waals surface area contributed by atoms with Crippen LogP contribution >= 0.6 is 0 Å². The summed E-state index contributed by atoms with van der Waals surface area (Å²) >= 11 is 0. The highest BCUT2D eigenvalue weighted by Crippen LogP contribution is 2.29. The normalized spacial score (nSPS) is 20.4. The van der Waals surface area contributed by atoms with Crippen LogP contribution < -0.4 is 10.1 Å². The van der Waals surface area contributed by atoms with E-state index in [1.807, 2.05) is 25.1 Å². The second-order valence-electron chi connectivity index (χ2n) is 6.32. The number of carboxylic acids is 1. The largest absolute Gasteiger partial charge is 0.496 e. The molecule has 0 saturated carbocycles. The van der Waals surface area contributed by atoms with Crippen LogP contribution in [0.2, 0.25) is 0 Å². The Labute approximate surface area is 136 Å². The maximum absolute atomic E-state index is 12.1. The van der Waals surface area contributed by atoms with Crippen molar-refractivity contribution >= 4 is 12.0 Å². The number of benzene rings is 1. The number of amides is 2. The Morgan fingerprint density at radius 3 is 2.78 bits per heavy atom. The van der Waals surface area contributed by atoms with E-state index < -0.39 is 11.4 Å². The first kappa shape index (κ1) is 17.1. The van der Waals surface area contributed by atoms with Gasteiger partial charge in [0.15, 0.2) is 0 Å². The number of urea groups is 1. The third-order valence-electron chi connectivity index (χ3n) is 4.44. The SMILES string of the molecule is COc1cc(CCNC(=O)N2CCC(C)(C(=O)O)C2)ccc1C. The maximum Gasteiger partial charge on any atom is 0.317 e. The quantitative estimate of drug-likeness (QED) is 0.870. The van der Waals surface area contributed by atoms with E-state index in [1.54, 1.807) is 18.9 Å². The third kappa shape index (κ3) is 3.94. The number of nitrogens with one attached hydrogen (secondary N) is 1. The van der Waals surface area contributed by atoms with Crippen LogP contribution in [-0.4, -0.2) is 48.8 Å². The van der Waals surface area contributed by atoms with Gasteiger partial charge in [0.1, 0.15) is 5.75 Å². The summed E-state index contributed by atoms with van der Waals surface area (Å²) in [5.41, 5.74) is 1.33. The van der Waals surface area contributed by atoms with Crippen molar-refractivity contribution in [1.29, 1.82) is 0 Å². The molecule has 0 radical (unpaired) electrons. The number of carbonyl (C=O) groups excluding carboxylic acids is 1. The Bertz CT molecular complexity index is 602. The Kier molecular flexibility index (Phi) is 5.13. The summed E-state index contributed by atoms with van der Waals surface area (Å²) in [6.07, 6.45) is 1.19. The minimum absolute atomic E-state index is 0.200. The fourth-order valence-electron chi connectivity index (χ4n) is 2.75. The Hall–Kier alpha value is -2.24. The van der Waals surface area contributed by atoms with E-state index in [4.69, 9.17) is 4.74 Å². The second kappa shape index (κ2) is 6.89. The molecule has 1 atom stereocenters. The lowest BCUT2D eigenvalue weighted by molar-refractivity contribution is -0.146.